The Morgan fingerprint density at radius 1 is 1.16 bits per heavy atom. The molecule has 2 atom stereocenters. The standard InChI is InChI=1S/C24H34N6O2/c1-3-4-6-11-20(12-13-31)28-23-22(15-27-24(25)29-23)32-16-21-14-26-17-30(21)18(2)19-9-7-5-8-10-19/h5,7-10,14-15,17-18,20,31H,3-4,6,11-13,16H2,1-2H3,(H3,25,27,28,29)/t18-,20-/m0/s1. The van der Waals surface area contributed by atoms with Crippen LogP contribution < -0.4 is 15.8 Å². The molecule has 8 heteroatoms. The molecule has 0 amide bonds. The van der Waals surface area contributed by atoms with E-state index < -0.39 is 0 Å². The van der Waals surface area contributed by atoms with Crippen LogP contribution in [0.5, 0.6) is 5.75 Å². The molecular weight excluding hydrogens is 404 g/mol. The molecule has 8 nitrogen and oxygen atoms in total. The van der Waals surface area contributed by atoms with Crippen LogP contribution >= 0.6 is 0 Å². The van der Waals surface area contributed by atoms with Crippen molar-refractivity contribution in [3.63, 3.8) is 0 Å². The molecule has 0 saturated heterocycles. The van der Waals surface area contributed by atoms with Crippen LogP contribution in [0.1, 0.15) is 63.3 Å². The molecule has 0 aliphatic heterocycles. The van der Waals surface area contributed by atoms with Gasteiger partial charge >= 0.3 is 0 Å². The van der Waals surface area contributed by atoms with Gasteiger partial charge in [-0.25, -0.2) is 9.97 Å². The Morgan fingerprint density at radius 3 is 2.72 bits per heavy atom. The molecule has 0 spiro atoms. The molecule has 3 rings (SSSR count). The molecule has 0 aliphatic carbocycles. The molecule has 2 aromatic heterocycles. The van der Waals surface area contributed by atoms with E-state index in [0.717, 1.165) is 31.4 Å². The van der Waals surface area contributed by atoms with Crippen molar-refractivity contribution in [3.8, 4) is 5.75 Å². The lowest BCUT2D eigenvalue weighted by Crippen LogP contribution is -2.22. The average Bonchev–Trinajstić information content (AvgIpc) is 3.27. The number of nitrogens with zero attached hydrogens (tertiary/aromatic N) is 4. The number of nitrogen functional groups attached to an aromatic ring is 1. The van der Waals surface area contributed by atoms with Gasteiger partial charge in [-0.3, -0.25) is 0 Å². The zero-order chi connectivity index (χ0) is 22.8. The maximum Gasteiger partial charge on any atom is 0.222 e. The quantitative estimate of drug-likeness (QED) is 0.343. The van der Waals surface area contributed by atoms with Crippen molar-refractivity contribution in [1.82, 2.24) is 19.5 Å². The number of benzene rings is 1. The summed E-state index contributed by atoms with van der Waals surface area (Å²) in [5, 5.41) is 12.9. The van der Waals surface area contributed by atoms with E-state index in [-0.39, 0.29) is 24.6 Å². The lowest BCUT2D eigenvalue weighted by molar-refractivity contribution is 0.274. The first-order valence-corrected chi connectivity index (χ1v) is 11.3. The second-order valence-electron chi connectivity index (χ2n) is 7.96. The van der Waals surface area contributed by atoms with Gasteiger partial charge in [0, 0.05) is 12.6 Å². The van der Waals surface area contributed by atoms with Gasteiger partial charge in [-0.05, 0) is 25.3 Å². The van der Waals surface area contributed by atoms with E-state index in [4.69, 9.17) is 10.5 Å². The summed E-state index contributed by atoms with van der Waals surface area (Å²) in [5.74, 6) is 1.26. The Morgan fingerprint density at radius 2 is 1.97 bits per heavy atom. The first-order valence-electron chi connectivity index (χ1n) is 11.3. The van der Waals surface area contributed by atoms with Crippen molar-refractivity contribution >= 4 is 11.8 Å². The van der Waals surface area contributed by atoms with Crippen molar-refractivity contribution in [2.24, 2.45) is 0 Å². The van der Waals surface area contributed by atoms with Crippen LogP contribution in [0.4, 0.5) is 11.8 Å². The van der Waals surface area contributed by atoms with Crippen molar-refractivity contribution < 1.29 is 9.84 Å². The average molecular weight is 439 g/mol. The number of anilines is 2. The van der Waals surface area contributed by atoms with Gasteiger partial charge in [-0.1, -0.05) is 56.5 Å². The van der Waals surface area contributed by atoms with E-state index in [1.54, 1.807) is 6.20 Å². The summed E-state index contributed by atoms with van der Waals surface area (Å²) < 4.78 is 8.20. The zero-order valence-electron chi connectivity index (χ0n) is 18.9. The third kappa shape index (κ3) is 6.43. The summed E-state index contributed by atoms with van der Waals surface area (Å²) in [5.41, 5.74) is 7.98. The highest BCUT2D eigenvalue weighted by Crippen LogP contribution is 2.26. The number of aliphatic hydroxyl groups excluding tert-OH is 1. The predicted molar refractivity (Wildman–Crippen MR) is 127 cm³/mol. The van der Waals surface area contributed by atoms with Crippen molar-refractivity contribution in [1.29, 1.82) is 0 Å². The second kappa shape index (κ2) is 12.0. The van der Waals surface area contributed by atoms with Gasteiger partial charge in [-0.2, -0.15) is 4.98 Å². The Labute approximate surface area is 189 Å². The van der Waals surface area contributed by atoms with Crippen LogP contribution in [0.25, 0.3) is 0 Å². The number of imidazole rings is 1. The topological polar surface area (TPSA) is 111 Å². The van der Waals surface area contributed by atoms with Crippen LogP contribution in [-0.2, 0) is 6.61 Å². The van der Waals surface area contributed by atoms with E-state index >= 15 is 0 Å². The maximum atomic E-state index is 9.46. The molecular formula is C24H34N6O2. The van der Waals surface area contributed by atoms with Crippen LogP contribution in [0, 0.1) is 0 Å². The summed E-state index contributed by atoms with van der Waals surface area (Å²) in [6, 6.07) is 10.5. The molecule has 3 aromatic rings. The van der Waals surface area contributed by atoms with Crippen LogP contribution in [0.3, 0.4) is 0 Å². The maximum absolute atomic E-state index is 9.46. The minimum Gasteiger partial charge on any atom is -0.482 e. The number of hydrogen-bond acceptors (Lipinski definition) is 7. The van der Waals surface area contributed by atoms with Gasteiger partial charge in [0.15, 0.2) is 11.6 Å². The number of ether oxygens (including phenoxy) is 1. The summed E-state index contributed by atoms with van der Waals surface area (Å²) >= 11 is 0. The van der Waals surface area contributed by atoms with Gasteiger partial charge in [0.1, 0.15) is 6.61 Å². The molecule has 0 radical (unpaired) electrons. The van der Waals surface area contributed by atoms with Crippen LogP contribution in [0.2, 0.25) is 0 Å². The lowest BCUT2D eigenvalue weighted by Gasteiger charge is -2.21. The van der Waals surface area contributed by atoms with Crippen molar-refractivity contribution in [2.45, 2.75) is 64.6 Å². The molecule has 1 aromatic carbocycles. The second-order valence-corrected chi connectivity index (χ2v) is 7.96. The fraction of sp³-hybridized carbons (Fsp3) is 0.458. The number of aliphatic hydroxyl groups is 1. The van der Waals surface area contributed by atoms with E-state index in [9.17, 15) is 5.11 Å². The largest absolute Gasteiger partial charge is 0.482 e. The number of nitrogens with two attached hydrogens (primary N) is 1. The molecule has 0 fully saturated rings. The van der Waals surface area contributed by atoms with Gasteiger partial charge in [0.2, 0.25) is 5.95 Å². The molecule has 2 heterocycles. The monoisotopic (exact) mass is 438 g/mol. The van der Waals surface area contributed by atoms with E-state index in [1.165, 1.54) is 5.56 Å². The summed E-state index contributed by atoms with van der Waals surface area (Å²) in [4.78, 5) is 12.8. The molecule has 0 saturated carbocycles. The third-order valence-corrected chi connectivity index (χ3v) is 5.57. The highest BCUT2D eigenvalue weighted by atomic mass is 16.5. The van der Waals surface area contributed by atoms with E-state index in [1.807, 2.05) is 30.7 Å². The summed E-state index contributed by atoms with van der Waals surface area (Å²) in [7, 11) is 0. The molecule has 172 valence electrons. The minimum atomic E-state index is 0.0897. The van der Waals surface area contributed by atoms with Gasteiger partial charge in [-0.15, -0.1) is 0 Å². The van der Waals surface area contributed by atoms with Gasteiger partial charge in [0.25, 0.3) is 0 Å². The normalized spacial score (nSPS) is 13.0. The number of aromatic nitrogens is 4. The molecule has 4 N–H and O–H groups in total. The fourth-order valence-electron chi connectivity index (χ4n) is 3.71. The van der Waals surface area contributed by atoms with Gasteiger partial charge in [0.05, 0.1) is 30.5 Å². The van der Waals surface area contributed by atoms with Gasteiger partial charge < -0.3 is 25.5 Å². The Balaban J connectivity index is 1.72. The molecule has 0 aliphatic rings. The zero-order valence-corrected chi connectivity index (χ0v) is 18.9. The number of hydrogen-bond donors (Lipinski definition) is 3. The lowest BCUT2D eigenvalue weighted by atomic mass is 10.1. The summed E-state index contributed by atoms with van der Waals surface area (Å²) in [6.07, 6.45) is 10.2. The first-order chi connectivity index (χ1) is 15.6. The summed E-state index contributed by atoms with van der Waals surface area (Å²) in [6.45, 7) is 4.74. The minimum absolute atomic E-state index is 0.0897. The predicted octanol–water partition coefficient (Wildman–Crippen LogP) is 4.19. The number of unbranched alkanes of at least 4 members (excludes halogenated alkanes) is 2. The third-order valence-electron chi connectivity index (χ3n) is 5.57. The van der Waals surface area contributed by atoms with E-state index in [2.05, 4.69) is 50.8 Å². The Hall–Kier alpha value is -3.13. The number of nitrogens with one attached hydrogen (secondary N) is 1. The van der Waals surface area contributed by atoms with Crippen LogP contribution in [0.15, 0.2) is 49.1 Å². The smallest absolute Gasteiger partial charge is 0.222 e. The van der Waals surface area contributed by atoms with Crippen molar-refractivity contribution in [3.05, 3.63) is 60.3 Å². The highest BCUT2D eigenvalue weighted by molar-refractivity contribution is 5.51. The van der Waals surface area contributed by atoms with Crippen LogP contribution in [-0.4, -0.2) is 37.3 Å². The SMILES string of the molecule is CCCCC[C@@H](CCO)Nc1nc(N)ncc1OCc1cncn1[C@@H](C)c1ccccc1. The van der Waals surface area contributed by atoms with Crippen molar-refractivity contribution in [2.75, 3.05) is 17.7 Å². The Bertz CT molecular complexity index is 947. The molecule has 32 heavy (non-hydrogen) atoms. The fourth-order valence-corrected chi connectivity index (χ4v) is 3.71. The Kier molecular flexibility index (Phi) is 8.86. The number of rotatable bonds is 13. The molecule has 0 unspecified atom stereocenters. The first kappa shape index (κ1) is 23.5. The highest BCUT2D eigenvalue weighted by Gasteiger charge is 2.16. The molecule has 0 bridgehead atoms. The van der Waals surface area contributed by atoms with E-state index in [0.29, 0.717) is 24.6 Å².